The van der Waals surface area contributed by atoms with E-state index in [1.54, 1.807) is 18.2 Å². The summed E-state index contributed by atoms with van der Waals surface area (Å²) in [5, 5.41) is 6.10. The summed E-state index contributed by atoms with van der Waals surface area (Å²) in [4.78, 5) is 11.9. The van der Waals surface area contributed by atoms with E-state index in [-0.39, 0.29) is 17.5 Å². The van der Waals surface area contributed by atoms with Crippen molar-refractivity contribution in [3.8, 4) is 5.75 Å². The summed E-state index contributed by atoms with van der Waals surface area (Å²) in [6.07, 6.45) is 0.790. The van der Waals surface area contributed by atoms with Gasteiger partial charge in [-0.25, -0.2) is 4.39 Å². The van der Waals surface area contributed by atoms with E-state index in [4.69, 9.17) is 4.74 Å². The fourth-order valence-electron chi connectivity index (χ4n) is 2.20. The van der Waals surface area contributed by atoms with Gasteiger partial charge in [0.15, 0.2) is 11.6 Å². The molecule has 0 atom stereocenters. The molecule has 2 rings (SSSR count). The second-order valence-electron chi connectivity index (χ2n) is 5.27. The molecule has 2 aromatic rings. The van der Waals surface area contributed by atoms with Crippen molar-refractivity contribution in [1.82, 2.24) is 10.6 Å². The first-order chi connectivity index (χ1) is 11.6. The lowest BCUT2D eigenvalue weighted by Crippen LogP contribution is -2.27. The molecule has 24 heavy (non-hydrogen) atoms. The lowest BCUT2D eigenvalue weighted by atomic mass is 10.2. The maximum absolute atomic E-state index is 13.6. The Morgan fingerprint density at radius 1 is 1.21 bits per heavy atom. The van der Waals surface area contributed by atoms with Crippen LogP contribution in [-0.2, 0) is 6.54 Å². The summed E-state index contributed by atoms with van der Waals surface area (Å²) in [5.41, 5.74) is 1.48. The zero-order valence-electron chi connectivity index (χ0n) is 13.4. The molecule has 0 unspecified atom stereocenters. The molecule has 0 saturated carbocycles. The van der Waals surface area contributed by atoms with Crippen molar-refractivity contribution in [2.75, 3.05) is 20.2 Å². The van der Waals surface area contributed by atoms with E-state index in [1.165, 1.54) is 13.2 Å². The van der Waals surface area contributed by atoms with Crippen molar-refractivity contribution in [3.05, 3.63) is 63.9 Å². The second kappa shape index (κ2) is 9.39. The third-order valence-corrected chi connectivity index (χ3v) is 3.94. The summed E-state index contributed by atoms with van der Waals surface area (Å²) < 4.78 is 19.3. The maximum atomic E-state index is 13.6. The van der Waals surface area contributed by atoms with Crippen LogP contribution >= 0.6 is 15.9 Å². The zero-order chi connectivity index (χ0) is 17.4. The Balaban J connectivity index is 1.65. The van der Waals surface area contributed by atoms with E-state index >= 15 is 0 Å². The molecule has 0 aliphatic carbocycles. The van der Waals surface area contributed by atoms with E-state index in [9.17, 15) is 9.18 Å². The van der Waals surface area contributed by atoms with E-state index in [1.807, 2.05) is 18.2 Å². The third kappa shape index (κ3) is 5.62. The average Bonchev–Trinajstić information content (AvgIpc) is 2.58. The van der Waals surface area contributed by atoms with Gasteiger partial charge in [0, 0.05) is 23.1 Å². The van der Waals surface area contributed by atoms with Gasteiger partial charge in [-0.15, -0.1) is 0 Å². The number of benzene rings is 2. The van der Waals surface area contributed by atoms with Crippen molar-refractivity contribution in [3.63, 3.8) is 0 Å². The number of amides is 1. The van der Waals surface area contributed by atoms with Gasteiger partial charge >= 0.3 is 0 Å². The number of halogens is 2. The largest absolute Gasteiger partial charge is 0.494 e. The smallest absolute Gasteiger partial charge is 0.251 e. The third-order valence-electron chi connectivity index (χ3n) is 3.45. The number of carbonyl (C=O) groups is 1. The molecule has 1 amide bonds. The minimum atomic E-state index is -0.363. The molecule has 0 saturated heterocycles. The summed E-state index contributed by atoms with van der Waals surface area (Å²) >= 11 is 3.34. The quantitative estimate of drug-likeness (QED) is 0.673. The Morgan fingerprint density at radius 2 is 2.04 bits per heavy atom. The predicted octanol–water partition coefficient (Wildman–Crippen LogP) is 3.51. The number of rotatable bonds is 8. The highest BCUT2D eigenvalue weighted by Gasteiger charge is 2.05. The van der Waals surface area contributed by atoms with Crippen molar-refractivity contribution in [2.45, 2.75) is 13.0 Å². The first-order valence-electron chi connectivity index (χ1n) is 7.67. The molecule has 0 bridgehead atoms. The van der Waals surface area contributed by atoms with Gasteiger partial charge in [0.2, 0.25) is 0 Å². The van der Waals surface area contributed by atoms with Crippen LogP contribution in [0.15, 0.2) is 46.9 Å². The SMILES string of the molecule is COc1ccc(CNCCCNC(=O)c2cccc(Br)c2)cc1F. The van der Waals surface area contributed by atoms with Crippen LogP contribution in [0.4, 0.5) is 4.39 Å². The Kier molecular flexibility index (Phi) is 7.21. The Hall–Kier alpha value is -1.92. The number of nitrogens with one attached hydrogen (secondary N) is 2. The fraction of sp³-hybridized carbons (Fsp3) is 0.278. The minimum Gasteiger partial charge on any atom is -0.494 e. The predicted molar refractivity (Wildman–Crippen MR) is 95.8 cm³/mol. The molecule has 0 heterocycles. The van der Waals surface area contributed by atoms with Crippen LogP contribution in [0.1, 0.15) is 22.3 Å². The van der Waals surface area contributed by atoms with Crippen molar-refractivity contribution >= 4 is 21.8 Å². The lowest BCUT2D eigenvalue weighted by Gasteiger charge is -2.08. The van der Waals surface area contributed by atoms with Crippen LogP contribution in [0, 0.1) is 5.82 Å². The molecular formula is C18H20BrFN2O2. The van der Waals surface area contributed by atoms with Crippen LogP contribution in [0.2, 0.25) is 0 Å². The molecule has 0 fully saturated rings. The van der Waals surface area contributed by atoms with Gasteiger partial charge in [-0.3, -0.25) is 4.79 Å². The molecule has 2 N–H and O–H groups in total. The zero-order valence-corrected chi connectivity index (χ0v) is 15.0. The normalized spacial score (nSPS) is 10.5. The fourth-order valence-corrected chi connectivity index (χ4v) is 2.60. The van der Waals surface area contributed by atoms with Gasteiger partial charge in [-0.1, -0.05) is 28.1 Å². The molecule has 0 spiro atoms. The van der Waals surface area contributed by atoms with Crippen molar-refractivity contribution < 1.29 is 13.9 Å². The van der Waals surface area contributed by atoms with Gasteiger partial charge < -0.3 is 15.4 Å². The molecular weight excluding hydrogens is 375 g/mol. The van der Waals surface area contributed by atoms with Crippen molar-refractivity contribution in [1.29, 1.82) is 0 Å². The first-order valence-corrected chi connectivity index (χ1v) is 8.46. The highest BCUT2D eigenvalue weighted by Crippen LogP contribution is 2.17. The second-order valence-corrected chi connectivity index (χ2v) is 6.18. The summed E-state index contributed by atoms with van der Waals surface area (Å²) in [6.45, 7) is 1.88. The highest BCUT2D eigenvalue weighted by atomic mass is 79.9. The number of methoxy groups -OCH3 is 1. The molecule has 4 nitrogen and oxygen atoms in total. The Bertz CT molecular complexity index is 694. The summed E-state index contributed by atoms with van der Waals surface area (Å²) in [5.74, 6) is -0.208. The number of hydrogen-bond acceptors (Lipinski definition) is 3. The first kappa shape index (κ1) is 18.4. The number of carbonyl (C=O) groups excluding carboxylic acids is 1. The number of ether oxygens (including phenoxy) is 1. The van der Waals surface area contributed by atoms with Gasteiger partial charge in [-0.2, -0.15) is 0 Å². The van der Waals surface area contributed by atoms with Gasteiger partial charge in [0.05, 0.1) is 7.11 Å². The molecule has 6 heteroatoms. The molecule has 128 valence electrons. The van der Waals surface area contributed by atoms with Crippen LogP contribution in [0.25, 0.3) is 0 Å². The molecule has 0 aliphatic heterocycles. The van der Waals surface area contributed by atoms with E-state index in [0.29, 0.717) is 18.7 Å². The van der Waals surface area contributed by atoms with Gasteiger partial charge in [0.25, 0.3) is 5.91 Å². The Morgan fingerprint density at radius 3 is 2.75 bits per heavy atom. The monoisotopic (exact) mass is 394 g/mol. The van der Waals surface area contributed by atoms with Gasteiger partial charge in [-0.05, 0) is 48.9 Å². The van der Waals surface area contributed by atoms with E-state index < -0.39 is 0 Å². The van der Waals surface area contributed by atoms with E-state index in [2.05, 4.69) is 26.6 Å². The summed E-state index contributed by atoms with van der Waals surface area (Å²) in [7, 11) is 1.44. The van der Waals surface area contributed by atoms with Crippen LogP contribution in [0.3, 0.4) is 0 Å². The number of hydrogen-bond donors (Lipinski definition) is 2. The van der Waals surface area contributed by atoms with Crippen LogP contribution in [0.5, 0.6) is 5.75 Å². The van der Waals surface area contributed by atoms with Crippen LogP contribution < -0.4 is 15.4 Å². The summed E-state index contributed by atoms with van der Waals surface area (Å²) in [6, 6.07) is 12.2. The minimum absolute atomic E-state index is 0.0893. The molecule has 0 radical (unpaired) electrons. The Labute approximate surface area is 149 Å². The van der Waals surface area contributed by atoms with Gasteiger partial charge in [0.1, 0.15) is 0 Å². The molecule has 0 aromatic heterocycles. The van der Waals surface area contributed by atoms with E-state index in [0.717, 1.165) is 23.0 Å². The lowest BCUT2D eigenvalue weighted by molar-refractivity contribution is 0.0953. The van der Waals surface area contributed by atoms with Crippen molar-refractivity contribution in [2.24, 2.45) is 0 Å². The maximum Gasteiger partial charge on any atom is 0.251 e. The average molecular weight is 395 g/mol. The molecule has 2 aromatic carbocycles. The highest BCUT2D eigenvalue weighted by molar-refractivity contribution is 9.10. The topological polar surface area (TPSA) is 50.4 Å². The van der Waals surface area contributed by atoms with Crippen LogP contribution in [-0.4, -0.2) is 26.1 Å². The molecule has 0 aliphatic rings. The standard InChI is InChI=1S/C18H20BrFN2O2/c1-24-17-7-6-13(10-16(17)20)12-21-8-3-9-22-18(23)14-4-2-5-15(19)11-14/h2,4-7,10-11,21H,3,8-9,12H2,1H3,(H,22,23).